The van der Waals surface area contributed by atoms with Gasteiger partial charge in [-0.2, -0.15) is 5.10 Å². The molecule has 0 bridgehead atoms. The van der Waals surface area contributed by atoms with Crippen molar-refractivity contribution < 1.29 is 4.79 Å². The van der Waals surface area contributed by atoms with Gasteiger partial charge in [0, 0.05) is 18.7 Å². The summed E-state index contributed by atoms with van der Waals surface area (Å²) in [7, 11) is 2.15. The molecule has 0 atom stereocenters. The lowest BCUT2D eigenvalue weighted by Crippen LogP contribution is -2.36. The van der Waals surface area contributed by atoms with Gasteiger partial charge < -0.3 is 10.2 Å². The average molecular weight is 319 g/mol. The van der Waals surface area contributed by atoms with Crippen molar-refractivity contribution in [3.05, 3.63) is 11.8 Å². The fraction of sp³-hybridized carbons (Fsp3) is 0.765. The van der Waals surface area contributed by atoms with Crippen LogP contribution in [0.25, 0.3) is 0 Å². The molecule has 0 aromatic carbocycles. The number of nitrogens with one attached hydrogen (secondary N) is 1. The molecule has 2 aliphatic rings. The maximum atomic E-state index is 12.5. The van der Waals surface area contributed by atoms with Crippen LogP contribution >= 0.6 is 0 Å². The largest absolute Gasteiger partial charge is 0.310 e. The number of likely N-dealkylation sites (N-methyl/N-ethyl adjacent to an activating group) is 1. The maximum absolute atomic E-state index is 12.5. The minimum atomic E-state index is 0.0809. The first kappa shape index (κ1) is 16.5. The molecule has 0 spiro atoms. The van der Waals surface area contributed by atoms with E-state index in [2.05, 4.69) is 27.3 Å². The number of hydrogen-bond donors (Lipinski definition) is 1. The second kappa shape index (κ2) is 7.45. The zero-order valence-corrected chi connectivity index (χ0v) is 14.4. The third-order valence-electron chi connectivity index (χ3n) is 5.09. The molecule has 1 aromatic heterocycles. The Balaban J connectivity index is 1.60. The van der Waals surface area contributed by atoms with Crippen LogP contribution in [0, 0.1) is 6.92 Å². The molecule has 1 saturated carbocycles. The van der Waals surface area contributed by atoms with Crippen molar-refractivity contribution in [1.29, 1.82) is 0 Å². The van der Waals surface area contributed by atoms with E-state index >= 15 is 0 Å². The topological polar surface area (TPSA) is 53.4 Å². The van der Waals surface area contributed by atoms with Crippen LogP contribution in [-0.4, -0.2) is 65.3 Å². The molecule has 6 heteroatoms. The summed E-state index contributed by atoms with van der Waals surface area (Å²) in [5, 5.41) is 7.63. The van der Waals surface area contributed by atoms with Crippen molar-refractivity contribution in [2.75, 3.05) is 45.1 Å². The van der Waals surface area contributed by atoms with Gasteiger partial charge >= 0.3 is 0 Å². The normalized spacial score (nSPS) is 21.5. The summed E-state index contributed by atoms with van der Waals surface area (Å²) in [6.07, 6.45) is 7.86. The zero-order valence-electron chi connectivity index (χ0n) is 14.4. The lowest BCUT2D eigenvalue weighted by Gasteiger charge is -2.20. The van der Waals surface area contributed by atoms with Gasteiger partial charge in [-0.1, -0.05) is 12.8 Å². The second-order valence-corrected chi connectivity index (χ2v) is 7.04. The van der Waals surface area contributed by atoms with Gasteiger partial charge in [-0.3, -0.25) is 9.69 Å². The molecule has 0 radical (unpaired) electrons. The quantitative estimate of drug-likeness (QED) is 0.921. The van der Waals surface area contributed by atoms with E-state index in [-0.39, 0.29) is 5.91 Å². The molecule has 2 fully saturated rings. The number of carbonyl (C=O) groups excluding carboxylic acids is 1. The summed E-state index contributed by atoms with van der Waals surface area (Å²) in [5.41, 5.74) is 1.06. The van der Waals surface area contributed by atoms with Gasteiger partial charge in [-0.05, 0) is 46.3 Å². The van der Waals surface area contributed by atoms with Crippen LogP contribution in [0.5, 0.6) is 0 Å². The molecule has 6 nitrogen and oxygen atoms in total. The van der Waals surface area contributed by atoms with Gasteiger partial charge in [0.2, 0.25) is 5.91 Å². The van der Waals surface area contributed by atoms with Crippen LogP contribution in [0.2, 0.25) is 0 Å². The van der Waals surface area contributed by atoms with E-state index in [1.54, 1.807) is 0 Å². The highest BCUT2D eigenvalue weighted by molar-refractivity contribution is 5.92. The molecule has 23 heavy (non-hydrogen) atoms. The zero-order chi connectivity index (χ0) is 16.2. The van der Waals surface area contributed by atoms with Gasteiger partial charge in [0.15, 0.2) is 0 Å². The summed E-state index contributed by atoms with van der Waals surface area (Å²) in [4.78, 5) is 17.1. The fourth-order valence-corrected chi connectivity index (χ4v) is 3.66. The number of carbonyl (C=O) groups is 1. The summed E-state index contributed by atoms with van der Waals surface area (Å²) in [6.45, 7) is 6.61. The lowest BCUT2D eigenvalue weighted by molar-refractivity contribution is -0.117. The van der Waals surface area contributed by atoms with Crippen LogP contribution in [0.4, 0.5) is 5.82 Å². The van der Waals surface area contributed by atoms with Gasteiger partial charge in [0.1, 0.15) is 5.82 Å². The summed E-state index contributed by atoms with van der Waals surface area (Å²) in [5.74, 6) is 0.978. The van der Waals surface area contributed by atoms with Gasteiger partial charge in [0.05, 0.1) is 18.8 Å². The fourth-order valence-electron chi connectivity index (χ4n) is 3.66. The minimum absolute atomic E-state index is 0.0809. The van der Waals surface area contributed by atoms with E-state index in [0.29, 0.717) is 12.6 Å². The SMILES string of the molecule is Cc1cnn(C2CCCC2)c1NC(=O)CN1CCCN(C)CC1. The van der Waals surface area contributed by atoms with Crippen molar-refractivity contribution in [1.82, 2.24) is 19.6 Å². The molecule has 1 amide bonds. The van der Waals surface area contributed by atoms with E-state index in [0.717, 1.165) is 44.0 Å². The first-order valence-electron chi connectivity index (χ1n) is 8.88. The van der Waals surface area contributed by atoms with E-state index in [4.69, 9.17) is 0 Å². The Labute approximate surface area is 138 Å². The van der Waals surface area contributed by atoms with Crippen molar-refractivity contribution >= 4 is 11.7 Å². The molecule has 1 N–H and O–H groups in total. The number of nitrogens with zero attached hydrogens (tertiary/aromatic N) is 4. The number of anilines is 1. The summed E-state index contributed by atoms with van der Waals surface area (Å²) < 4.78 is 2.04. The molecule has 3 rings (SSSR count). The highest BCUT2D eigenvalue weighted by Crippen LogP contribution is 2.32. The third-order valence-corrected chi connectivity index (χ3v) is 5.09. The predicted octanol–water partition coefficient (Wildman–Crippen LogP) is 1.88. The number of hydrogen-bond acceptors (Lipinski definition) is 4. The van der Waals surface area contributed by atoms with Crippen LogP contribution < -0.4 is 5.32 Å². The Kier molecular flexibility index (Phi) is 5.33. The van der Waals surface area contributed by atoms with E-state index in [9.17, 15) is 4.79 Å². The smallest absolute Gasteiger partial charge is 0.239 e. The predicted molar refractivity (Wildman–Crippen MR) is 91.7 cm³/mol. The van der Waals surface area contributed by atoms with Crippen LogP contribution in [0.15, 0.2) is 6.20 Å². The Morgan fingerprint density at radius 2 is 2.00 bits per heavy atom. The molecule has 1 saturated heterocycles. The van der Waals surface area contributed by atoms with Gasteiger partial charge in [0.25, 0.3) is 0 Å². The Morgan fingerprint density at radius 1 is 1.22 bits per heavy atom. The number of rotatable bonds is 4. The van der Waals surface area contributed by atoms with Crippen molar-refractivity contribution in [3.8, 4) is 0 Å². The molecule has 1 aliphatic heterocycles. The minimum Gasteiger partial charge on any atom is -0.310 e. The Morgan fingerprint density at radius 3 is 2.78 bits per heavy atom. The molecular weight excluding hydrogens is 290 g/mol. The van der Waals surface area contributed by atoms with E-state index < -0.39 is 0 Å². The second-order valence-electron chi connectivity index (χ2n) is 7.04. The first-order valence-corrected chi connectivity index (χ1v) is 8.88. The summed E-state index contributed by atoms with van der Waals surface area (Å²) >= 11 is 0. The first-order chi connectivity index (χ1) is 11.1. The van der Waals surface area contributed by atoms with Gasteiger partial charge in [-0.15, -0.1) is 0 Å². The Bertz CT molecular complexity index is 535. The van der Waals surface area contributed by atoms with Crippen molar-refractivity contribution in [2.24, 2.45) is 0 Å². The maximum Gasteiger partial charge on any atom is 0.239 e. The monoisotopic (exact) mass is 319 g/mol. The Hall–Kier alpha value is -1.40. The number of aryl methyl sites for hydroxylation is 1. The van der Waals surface area contributed by atoms with Crippen molar-refractivity contribution in [2.45, 2.75) is 45.1 Å². The van der Waals surface area contributed by atoms with Crippen LogP contribution in [0.3, 0.4) is 0 Å². The number of amides is 1. The van der Waals surface area contributed by atoms with Crippen LogP contribution in [-0.2, 0) is 4.79 Å². The molecule has 128 valence electrons. The van der Waals surface area contributed by atoms with Crippen LogP contribution in [0.1, 0.15) is 43.7 Å². The summed E-state index contributed by atoms with van der Waals surface area (Å²) in [6, 6.07) is 0.450. The highest BCUT2D eigenvalue weighted by atomic mass is 16.2. The van der Waals surface area contributed by atoms with E-state index in [1.807, 2.05) is 17.8 Å². The average Bonchev–Trinajstić information content (AvgIpc) is 3.10. The molecule has 1 aromatic rings. The highest BCUT2D eigenvalue weighted by Gasteiger charge is 2.23. The van der Waals surface area contributed by atoms with E-state index in [1.165, 1.54) is 25.7 Å². The third kappa shape index (κ3) is 4.12. The standard InChI is InChI=1S/C17H29N5O/c1-14-12-18-22(15-6-3-4-7-15)17(14)19-16(23)13-21-9-5-8-20(2)10-11-21/h12,15H,3-11,13H2,1-2H3,(H,19,23). The molecule has 0 unspecified atom stereocenters. The van der Waals surface area contributed by atoms with Crippen molar-refractivity contribution in [3.63, 3.8) is 0 Å². The van der Waals surface area contributed by atoms with Gasteiger partial charge in [-0.25, -0.2) is 4.68 Å². The molecule has 1 aliphatic carbocycles. The lowest BCUT2D eigenvalue weighted by atomic mass is 10.2. The number of aromatic nitrogens is 2. The molecule has 2 heterocycles. The molecular formula is C17H29N5O.